The summed E-state index contributed by atoms with van der Waals surface area (Å²) in [7, 11) is 0. The standard InChI is InChI=1S/C15H20O/c1-12-7-5-9-14(11-12)13(2)8-6-10-15(3,4)16/h5-11,16H,1-4H3. The van der Waals surface area contributed by atoms with E-state index in [0.29, 0.717) is 0 Å². The molecule has 0 aliphatic rings. The zero-order chi connectivity index (χ0) is 12.2. The van der Waals surface area contributed by atoms with Crippen molar-refractivity contribution in [3.05, 3.63) is 53.6 Å². The van der Waals surface area contributed by atoms with Crippen LogP contribution in [0.2, 0.25) is 0 Å². The maximum absolute atomic E-state index is 9.53. The molecule has 0 unspecified atom stereocenters. The van der Waals surface area contributed by atoms with E-state index in [1.807, 2.05) is 12.2 Å². The van der Waals surface area contributed by atoms with E-state index in [1.165, 1.54) is 16.7 Å². The summed E-state index contributed by atoms with van der Waals surface area (Å²) in [6, 6.07) is 8.39. The van der Waals surface area contributed by atoms with Crippen LogP contribution in [0.15, 0.2) is 42.5 Å². The monoisotopic (exact) mass is 216 g/mol. The van der Waals surface area contributed by atoms with Gasteiger partial charge in [-0.15, -0.1) is 0 Å². The second-order valence-electron chi connectivity index (χ2n) is 4.73. The van der Waals surface area contributed by atoms with Crippen molar-refractivity contribution in [1.82, 2.24) is 0 Å². The molecule has 0 heterocycles. The van der Waals surface area contributed by atoms with Crippen LogP contribution in [-0.2, 0) is 0 Å². The highest BCUT2D eigenvalue weighted by Gasteiger charge is 2.04. The molecule has 1 rings (SSSR count). The zero-order valence-corrected chi connectivity index (χ0v) is 10.5. The smallest absolute Gasteiger partial charge is 0.0774 e. The van der Waals surface area contributed by atoms with E-state index in [-0.39, 0.29) is 0 Å². The molecule has 1 aromatic carbocycles. The summed E-state index contributed by atoms with van der Waals surface area (Å²) in [4.78, 5) is 0. The third-order valence-corrected chi connectivity index (χ3v) is 2.32. The summed E-state index contributed by atoms with van der Waals surface area (Å²) in [6.07, 6.45) is 5.71. The number of hydrogen-bond acceptors (Lipinski definition) is 1. The van der Waals surface area contributed by atoms with Crippen molar-refractivity contribution in [2.24, 2.45) is 0 Å². The van der Waals surface area contributed by atoms with Gasteiger partial charge in [0.05, 0.1) is 5.60 Å². The van der Waals surface area contributed by atoms with Crippen LogP contribution in [0.25, 0.3) is 5.57 Å². The van der Waals surface area contributed by atoms with Crippen molar-refractivity contribution in [3.8, 4) is 0 Å². The normalized spacial score (nSPS) is 13.4. The Bertz CT molecular complexity index is 406. The van der Waals surface area contributed by atoms with Gasteiger partial charge in [0.25, 0.3) is 0 Å². The summed E-state index contributed by atoms with van der Waals surface area (Å²) >= 11 is 0. The molecule has 1 aromatic rings. The molecule has 0 saturated carbocycles. The highest BCUT2D eigenvalue weighted by Crippen LogP contribution is 2.15. The third kappa shape index (κ3) is 4.45. The van der Waals surface area contributed by atoms with Crippen molar-refractivity contribution >= 4 is 5.57 Å². The van der Waals surface area contributed by atoms with Gasteiger partial charge in [-0.05, 0) is 38.8 Å². The summed E-state index contributed by atoms with van der Waals surface area (Å²) in [6.45, 7) is 7.69. The molecule has 0 aliphatic carbocycles. The first kappa shape index (κ1) is 12.7. The average molecular weight is 216 g/mol. The summed E-state index contributed by atoms with van der Waals surface area (Å²) in [5.41, 5.74) is 2.94. The molecule has 0 aromatic heterocycles. The molecule has 86 valence electrons. The molecule has 0 saturated heterocycles. The Morgan fingerprint density at radius 3 is 2.56 bits per heavy atom. The number of aryl methyl sites for hydroxylation is 1. The van der Waals surface area contributed by atoms with Gasteiger partial charge in [0.2, 0.25) is 0 Å². The predicted octanol–water partition coefficient (Wildman–Crippen LogP) is 3.73. The van der Waals surface area contributed by atoms with Crippen LogP contribution < -0.4 is 0 Å². The third-order valence-electron chi connectivity index (χ3n) is 2.32. The van der Waals surface area contributed by atoms with E-state index in [2.05, 4.69) is 38.1 Å². The lowest BCUT2D eigenvalue weighted by Crippen LogP contribution is -2.13. The summed E-state index contributed by atoms with van der Waals surface area (Å²) in [5.74, 6) is 0. The lowest BCUT2D eigenvalue weighted by Gasteiger charge is -2.09. The van der Waals surface area contributed by atoms with E-state index >= 15 is 0 Å². The predicted molar refractivity (Wildman–Crippen MR) is 70.3 cm³/mol. The van der Waals surface area contributed by atoms with Crippen molar-refractivity contribution in [1.29, 1.82) is 0 Å². The quantitative estimate of drug-likeness (QED) is 0.763. The summed E-state index contributed by atoms with van der Waals surface area (Å²) in [5, 5.41) is 9.53. The van der Waals surface area contributed by atoms with Crippen molar-refractivity contribution in [2.45, 2.75) is 33.3 Å². The molecule has 0 atom stereocenters. The van der Waals surface area contributed by atoms with E-state index in [1.54, 1.807) is 19.9 Å². The Balaban J connectivity index is 2.82. The maximum atomic E-state index is 9.53. The van der Waals surface area contributed by atoms with Gasteiger partial charge in [-0.25, -0.2) is 0 Å². The summed E-state index contributed by atoms with van der Waals surface area (Å²) < 4.78 is 0. The van der Waals surface area contributed by atoms with Crippen LogP contribution in [0.4, 0.5) is 0 Å². The molecule has 1 heteroatoms. The first-order valence-corrected chi connectivity index (χ1v) is 5.54. The van der Waals surface area contributed by atoms with Crippen molar-refractivity contribution in [2.75, 3.05) is 0 Å². The molecule has 0 amide bonds. The minimum atomic E-state index is -0.747. The SMILES string of the molecule is CC(=CC=CC(C)(C)O)c1cccc(C)c1. The van der Waals surface area contributed by atoms with E-state index < -0.39 is 5.60 Å². The van der Waals surface area contributed by atoms with Gasteiger partial charge in [-0.2, -0.15) is 0 Å². The Morgan fingerprint density at radius 1 is 1.31 bits per heavy atom. The van der Waals surface area contributed by atoms with Gasteiger partial charge in [-0.1, -0.05) is 48.1 Å². The molecule has 0 aliphatic heterocycles. The Labute approximate surface area is 98.1 Å². The van der Waals surface area contributed by atoms with Gasteiger partial charge in [-0.3, -0.25) is 0 Å². The molecule has 16 heavy (non-hydrogen) atoms. The molecule has 0 spiro atoms. The van der Waals surface area contributed by atoms with Crippen LogP contribution >= 0.6 is 0 Å². The van der Waals surface area contributed by atoms with Gasteiger partial charge in [0, 0.05) is 0 Å². The fraction of sp³-hybridized carbons (Fsp3) is 0.333. The van der Waals surface area contributed by atoms with Crippen LogP contribution in [-0.4, -0.2) is 10.7 Å². The van der Waals surface area contributed by atoms with Gasteiger partial charge >= 0.3 is 0 Å². The molecule has 0 fully saturated rings. The van der Waals surface area contributed by atoms with Crippen molar-refractivity contribution < 1.29 is 5.11 Å². The molecular weight excluding hydrogens is 196 g/mol. The van der Waals surface area contributed by atoms with Crippen LogP contribution in [0.1, 0.15) is 31.9 Å². The molecule has 1 nitrogen and oxygen atoms in total. The highest BCUT2D eigenvalue weighted by atomic mass is 16.3. The minimum Gasteiger partial charge on any atom is -0.386 e. The molecule has 0 bridgehead atoms. The largest absolute Gasteiger partial charge is 0.386 e. The van der Waals surface area contributed by atoms with Crippen molar-refractivity contribution in [3.63, 3.8) is 0 Å². The number of rotatable bonds is 3. The van der Waals surface area contributed by atoms with Crippen LogP contribution in [0.3, 0.4) is 0 Å². The number of hydrogen-bond donors (Lipinski definition) is 1. The van der Waals surface area contributed by atoms with E-state index in [9.17, 15) is 5.11 Å². The second-order valence-corrected chi connectivity index (χ2v) is 4.73. The Hall–Kier alpha value is -1.34. The topological polar surface area (TPSA) is 20.2 Å². The highest BCUT2D eigenvalue weighted by molar-refractivity contribution is 5.65. The average Bonchev–Trinajstić information content (AvgIpc) is 2.15. The number of aliphatic hydroxyl groups is 1. The Morgan fingerprint density at radius 2 is 2.00 bits per heavy atom. The molecule has 1 N–H and O–H groups in total. The van der Waals surface area contributed by atoms with Gasteiger partial charge in [0.15, 0.2) is 0 Å². The van der Waals surface area contributed by atoms with Crippen LogP contribution in [0, 0.1) is 6.92 Å². The fourth-order valence-electron chi connectivity index (χ4n) is 1.41. The first-order valence-electron chi connectivity index (χ1n) is 5.54. The lowest BCUT2D eigenvalue weighted by molar-refractivity contribution is 0.133. The maximum Gasteiger partial charge on any atom is 0.0774 e. The lowest BCUT2D eigenvalue weighted by atomic mass is 10.0. The number of benzene rings is 1. The fourth-order valence-corrected chi connectivity index (χ4v) is 1.41. The Kier molecular flexibility index (Phi) is 4.08. The van der Waals surface area contributed by atoms with Gasteiger partial charge < -0.3 is 5.11 Å². The van der Waals surface area contributed by atoms with E-state index in [0.717, 1.165) is 0 Å². The van der Waals surface area contributed by atoms with Gasteiger partial charge in [0.1, 0.15) is 0 Å². The zero-order valence-electron chi connectivity index (χ0n) is 10.5. The van der Waals surface area contributed by atoms with E-state index in [4.69, 9.17) is 0 Å². The molecular formula is C15H20O. The number of allylic oxidation sites excluding steroid dienone is 3. The first-order chi connectivity index (χ1) is 7.38. The second kappa shape index (κ2) is 5.13. The minimum absolute atomic E-state index is 0.747. The molecule has 0 radical (unpaired) electrons. The van der Waals surface area contributed by atoms with Crippen LogP contribution in [0.5, 0.6) is 0 Å².